The molecule has 2 fully saturated rings. The second-order valence-electron chi connectivity index (χ2n) is 5.65. The number of benzene rings is 1. The topological polar surface area (TPSA) is 15.3 Å². The van der Waals surface area contributed by atoms with Gasteiger partial charge in [0.25, 0.3) is 0 Å². The van der Waals surface area contributed by atoms with Gasteiger partial charge < -0.3 is 5.32 Å². The van der Waals surface area contributed by atoms with Gasteiger partial charge in [0.05, 0.1) is 0 Å². The van der Waals surface area contributed by atoms with Crippen molar-refractivity contribution >= 4 is 0 Å². The maximum absolute atomic E-state index is 12.9. The Morgan fingerprint density at radius 3 is 2.61 bits per heavy atom. The largest absolute Gasteiger partial charge is 0.306 e. The molecule has 0 amide bonds. The van der Waals surface area contributed by atoms with Gasteiger partial charge in [-0.3, -0.25) is 4.90 Å². The van der Waals surface area contributed by atoms with Crippen molar-refractivity contribution in [2.24, 2.45) is 0 Å². The molecule has 1 aromatic rings. The number of nitrogens with zero attached hydrogens (tertiary/aromatic N) is 1. The van der Waals surface area contributed by atoms with E-state index < -0.39 is 0 Å². The summed E-state index contributed by atoms with van der Waals surface area (Å²) in [6, 6.07) is 8.59. The van der Waals surface area contributed by atoms with E-state index in [1.165, 1.54) is 37.9 Å². The van der Waals surface area contributed by atoms with Crippen LogP contribution in [0.5, 0.6) is 0 Å². The number of hydrogen-bond acceptors (Lipinski definition) is 2. The number of nitrogens with one attached hydrogen (secondary N) is 1. The van der Waals surface area contributed by atoms with Gasteiger partial charge in [-0.1, -0.05) is 12.1 Å². The fourth-order valence-corrected chi connectivity index (χ4v) is 2.90. The number of rotatable bonds is 4. The highest BCUT2D eigenvalue weighted by Gasteiger charge is 2.34. The Hall–Kier alpha value is -0.930. The van der Waals surface area contributed by atoms with Crippen LogP contribution in [0.25, 0.3) is 0 Å². The molecule has 0 bridgehead atoms. The summed E-state index contributed by atoms with van der Waals surface area (Å²) in [6.45, 7) is 4.57. The normalized spacial score (nSPS) is 26.4. The van der Waals surface area contributed by atoms with E-state index in [1.54, 1.807) is 12.1 Å². The molecular formula is C15H21FN2. The summed E-state index contributed by atoms with van der Waals surface area (Å²) in [6.07, 6.45) is 4.02. The highest BCUT2D eigenvalue weighted by atomic mass is 19.1. The number of likely N-dealkylation sites (tertiary alicyclic amines) is 1. The van der Waals surface area contributed by atoms with Crippen LogP contribution in [-0.4, -0.2) is 30.1 Å². The first-order valence-corrected chi connectivity index (χ1v) is 6.98. The van der Waals surface area contributed by atoms with Crippen LogP contribution in [-0.2, 0) is 0 Å². The highest BCUT2D eigenvalue weighted by Crippen LogP contribution is 2.30. The van der Waals surface area contributed by atoms with E-state index in [0.717, 1.165) is 6.04 Å². The lowest BCUT2D eigenvalue weighted by atomic mass is 10.1. The second kappa shape index (κ2) is 4.98. The van der Waals surface area contributed by atoms with E-state index in [2.05, 4.69) is 17.1 Å². The Labute approximate surface area is 108 Å². The van der Waals surface area contributed by atoms with Gasteiger partial charge in [-0.05, 0) is 43.9 Å². The van der Waals surface area contributed by atoms with Crippen LogP contribution >= 0.6 is 0 Å². The molecule has 3 heteroatoms. The zero-order valence-corrected chi connectivity index (χ0v) is 10.9. The van der Waals surface area contributed by atoms with Crippen LogP contribution in [0.2, 0.25) is 0 Å². The van der Waals surface area contributed by atoms with E-state index in [9.17, 15) is 4.39 Å². The highest BCUT2D eigenvalue weighted by molar-refractivity contribution is 5.19. The molecule has 0 aromatic heterocycles. The lowest BCUT2D eigenvalue weighted by Gasteiger charge is -2.20. The predicted octanol–water partition coefficient (Wildman–Crippen LogP) is 2.71. The monoisotopic (exact) mass is 248 g/mol. The Balaban J connectivity index is 1.54. The first-order chi connectivity index (χ1) is 8.72. The minimum absolute atomic E-state index is 0.160. The fourth-order valence-electron chi connectivity index (χ4n) is 2.90. The Kier molecular flexibility index (Phi) is 3.35. The Morgan fingerprint density at radius 2 is 1.94 bits per heavy atom. The minimum Gasteiger partial charge on any atom is -0.306 e. The van der Waals surface area contributed by atoms with Crippen LogP contribution in [0, 0.1) is 5.82 Å². The molecule has 0 radical (unpaired) electrons. The molecule has 18 heavy (non-hydrogen) atoms. The summed E-state index contributed by atoms with van der Waals surface area (Å²) in [5.74, 6) is -0.160. The first-order valence-electron chi connectivity index (χ1n) is 6.98. The molecule has 3 rings (SSSR count). The van der Waals surface area contributed by atoms with Gasteiger partial charge in [0.2, 0.25) is 0 Å². The van der Waals surface area contributed by atoms with E-state index in [4.69, 9.17) is 0 Å². The zero-order chi connectivity index (χ0) is 12.5. The summed E-state index contributed by atoms with van der Waals surface area (Å²) in [5, 5.41) is 3.66. The van der Waals surface area contributed by atoms with Crippen molar-refractivity contribution < 1.29 is 4.39 Å². The summed E-state index contributed by atoms with van der Waals surface area (Å²) in [7, 11) is 0. The van der Waals surface area contributed by atoms with E-state index in [-0.39, 0.29) is 5.82 Å². The molecular weight excluding hydrogens is 227 g/mol. The Morgan fingerprint density at radius 1 is 1.22 bits per heavy atom. The summed E-state index contributed by atoms with van der Waals surface area (Å²) < 4.78 is 12.9. The molecule has 1 aliphatic heterocycles. The van der Waals surface area contributed by atoms with Crippen LogP contribution in [0.15, 0.2) is 24.3 Å². The van der Waals surface area contributed by atoms with Gasteiger partial charge in [-0.25, -0.2) is 4.39 Å². The number of hydrogen-bond donors (Lipinski definition) is 1. The molecule has 1 saturated carbocycles. The predicted molar refractivity (Wildman–Crippen MR) is 71.0 cm³/mol. The molecule has 1 N–H and O–H groups in total. The molecule has 1 saturated heterocycles. The first kappa shape index (κ1) is 12.1. The maximum atomic E-state index is 12.9. The van der Waals surface area contributed by atoms with Crippen LogP contribution in [0.1, 0.15) is 37.8 Å². The molecule has 1 aliphatic carbocycles. The molecule has 98 valence electrons. The maximum Gasteiger partial charge on any atom is 0.123 e. The molecule has 2 aliphatic rings. The quantitative estimate of drug-likeness (QED) is 0.881. The van der Waals surface area contributed by atoms with Gasteiger partial charge in [-0.2, -0.15) is 0 Å². The molecule has 2 atom stereocenters. The molecule has 0 spiro atoms. The van der Waals surface area contributed by atoms with Crippen molar-refractivity contribution in [3.8, 4) is 0 Å². The van der Waals surface area contributed by atoms with Crippen molar-refractivity contribution in [3.63, 3.8) is 0 Å². The van der Waals surface area contributed by atoms with Crippen molar-refractivity contribution in [2.45, 2.75) is 44.3 Å². The van der Waals surface area contributed by atoms with Crippen LogP contribution < -0.4 is 5.32 Å². The molecule has 2 unspecified atom stereocenters. The van der Waals surface area contributed by atoms with E-state index in [0.29, 0.717) is 12.1 Å². The van der Waals surface area contributed by atoms with Crippen molar-refractivity contribution in [3.05, 3.63) is 35.6 Å². The fraction of sp³-hybridized carbons (Fsp3) is 0.600. The van der Waals surface area contributed by atoms with Crippen molar-refractivity contribution in [2.75, 3.05) is 13.1 Å². The summed E-state index contributed by atoms with van der Waals surface area (Å²) in [4.78, 5) is 2.61. The SMILES string of the molecule is CC(NC1CCN(C2CC2)C1)c1ccc(F)cc1. The minimum atomic E-state index is -0.160. The van der Waals surface area contributed by atoms with E-state index >= 15 is 0 Å². The molecule has 2 nitrogen and oxygen atoms in total. The lowest BCUT2D eigenvalue weighted by molar-refractivity contribution is 0.313. The third kappa shape index (κ3) is 2.73. The third-order valence-corrected chi connectivity index (χ3v) is 4.14. The molecule has 1 heterocycles. The standard InChI is InChI=1S/C15H21FN2/c1-11(12-2-4-13(16)5-3-12)17-14-8-9-18(10-14)15-6-7-15/h2-5,11,14-15,17H,6-10H2,1H3. The lowest BCUT2D eigenvalue weighted by Crippen LogP contribution is -2.34. The van der Waals surface area contributed by atoms with E-state index in [1.807, 2.05) is 12.1 Å². The van der Waals surface area contributed by atoms with Crippen LogP contribution in [0.3, 0.4) is 0 Å². The van der Waals surface area contributed by atoms with Gasteiger partial charge in [-0.15, -0.1) is 0 Å². The van der Waals surface area contributed by atoms with Gasteiger partial charge >= 0.3 is 0 Å². The van der Waals surface area contributed by atoms with Crippen LogP contribution in [0.4, 0.5) is 4.39 Å². The molecule has 1 aromatic carbocycles. The van der Waals surface area contributed by atoms with Crippen molar-refractivity contribution in [1.29, 1.82) is 0 Å². The van der Waals surface area contributed by atoms with Crippen molar-refractivity contribution in [1.82, 2.24) is 10.2 Å². The van der Waals surface area contributed by atoms with Gasteiger partial charge in [0.1, 0.15) is 5.82 Å². The Bertz CT molecular complexity index is 399. The second-order valence-corrected chi connectivity index (χ2v) is 5.65. The average Bonchev–Trinajstić information content (AvgIpc) is 3.11. The average molecular weight is 248 g/mol. The van der Waals surface area contributed by atoms with Gasteiger partial charge in [0.15, 0.2) is 0 Å². The third-order valence-electron chi connectivity index (χ3n) is 4.14. The number of halogens is 1. The zero-order valence-electron chi connectivity index (χ0n) is 10.9. The van der Waals surface area contributed by atoms with Gasteiger partial charge in [0, 0.05) is 31.2 Å². The summed E-state index contributed by atoms with van der Waals surface area (Å²) in [5.41, 5.74) is 1.17. The smallest absolute Gasteiger partial charge is 0.123 e. The summed E-state index contributed by atoms with van der Waals surface area (Å²) >= 11 is 0.